The van der Waals surface area contributed by atoms with Gasteiger partial charge in [-0.05, 0) is 6.07 Å². The zero-order chi connectivity index (χ0) is 12.9. The lowest BCUT2D eigenvalue weighted by molar-refractivity contribution is -0.137. The van der Waals surface area contributed by atoms with E-state index in [9.17, 15) is 13.2 Å². The van der Waals surface area contributed by atoms with Crippen LogP contribution in [0.25, 0.3) is 11.0 Å². The quantitative estimate of drug-likeness (QED) is 0.725. The van der Waals surface area contributed by atoms with Crippen LogP contribution in [0, 0.1) is 0 Å². The van der Waals surface area contributed by atoms with Crippen LogP contribution in [0.1, 0.15) is 11.3 Å². The minimum atomic E-state index is -4.42. The molecular formula is C11H7ClF3N3. The summed E-state index contributed by atoms with van der Waals surface area (Å²) in [5, 5.41) is 0.585. The molecular weight excluding hydrogens is 267 g/mol. The molecule has 0 atom stereocenters. The van der Waals surface area contributed by atoms with Crippen LogP contribution < -0.4 is 0 Å². The van der Waals surface area contributed by atoms with Crippen molar-refractivity contribution < 1.29 is 13.2 Å². The molecule has 18 heavy (non-hydrogen) atoms. The van der Waals surface area contributed by atoms with Gasteiger partial charge < -0.3 is 4.57 Å². The Morgan fingerprint density at radius 1 is 1.33 bits per heavy atom. The topological polar surface area (TPSA) is 30.2 Å². The summed E-state index contributed by atoms with van der Waals surface area (Å²) in [4.78, 5) is 7.94. The van der Waals surface area contributed by atoms with E-state index in [1.807, 2.05) is 0 Å². The first kappa shape index (κ1) is 11.5. The molecule has 0 amide bonds. The molecule has 2 aromatic heterocycles. The second-order valence-electron chi connectivity index (χ2n) is 3.98. The third-order valence-electron chi connectivity index (χ3n) is 2.87. The molecule has 3 heterocycles. The van der Waals surface area contributed by atoms with Gasteiger partial charge in [0, 0.05) is 24.3 Å². The van der Waals surface area contributed by atoms with Gasteiger partial charge in [-0.2, -0.15) is 13.2 Å². The van der Waals surface area contributed by atoms with Gasteiger partial charge in [-0.15, -0.1) is 0 Å². The zero-order valence-electron chi connectivity index (χ0n) is 9.00. The number of halogens is 4. The van der Waals surface area contributed by atoms with Gasteiger partial charge in [-0.1, -0.05) is 11.6 Å². The molecule has 2 aromatic rings. The lowest BCUT2D eigenvalue weighted by Crippen LogP contribution is -2.11. The lowest BCUT2D eigenvalue weighted by atomic mass is 10.2. The van der Waals surface area contributed by atoms with Crippen LogP contribution in [0.4, 0.5) is 13.2 Å². The molecule has 1 aliphatic heterocycles. The van der Waals surface area contributed by atoms with Crippen molar-refractivity contribution in [1.29, 1.82) is 0 Å². The van der Waals surface area contributed by atoms with E-state index in [0.717, 1.165) is 12.3 Å². The molecule has 3 rings (SSSR count). The summed E-state index contributed by atoms with van der Waals surface area (Å²) < 4.78 is 39.6. The van der Waals surface area contributed by atoms with Crippen LogP contribution in [0.5, 0.6) is 0 Å². The molecule has 0 aliphatic carbocycles. The second kappa shape index (κ2) is 3.71. The number of alkyl halides is 3. The number of hydrogen-bond acceptors (Lipinski definition) is 2. The van der Waals surface area contributed by atoms with E-state index in [0.29, 0.717) is 29.8 Å². The molecule has 7 heteroatoms. The Morgan fingerprint density at radius 3 is 2.83 bits per heavy atom. The molecule has 0 unspecified atom stereocenters. The van der Waals surface area contributed by atoms with E-state index in [4.69, 9.17) is 11.6 Å². The molecule has 0 spiro atoms. The molecule has 0 radical (unpaired) electrons. The van der Waals surface area contributed by atoms with Crippen molar-refractivity contribution in [3.63, 3.8) is 0 Å². The second-order valence-corrected chi connectivity index (χ2v) is 4.36. The summed E-state index contributed by atoms with van der Waals surface area (Å²) >= 11 is 6.08. The van der Waals surface area contributed by atoms with E-state index in [1.165, 1.54) is 0 Å². The molecule has 1 aliphatic rings. The van der Waals surface area contributed by atoms with Crippen molar-refractivity contribution in [1.82, 2.24) is 9.55 Å². The van der Waals surface area contributed by atoms with Crippen molar-refractivity contribution in [2.24, 2.45) is 4.99 Å². The normalized spacial score (nSPS) is 15.1. The van der Waals surface area contributed by atoms with E-state index < -0.39 is 11.7 Å². The standard InChI is InChI=1S/C11H7ClF3N3/c12-9-7-3-6(11(13,14)15)4-17-10(7)18-2-1-16-5-8(9)18/h3-5H,1-2H2. The molecule has 0 aromatic carbocycles. The van der Waals surface area contributed by atoms with E-state index >= 15 is 0 Å². The Balaban J connectivity index is 2.30. The van der Waals surface area contributed by atoms with Crippen molar-refractivity contribution in [2.75, 3.05) is 6.54 Å². The SMILES string of the molecule is FC(F)(F)c1cnc2c(c1)c(Cl)c1n2CCN=C1. The Bertz CT molecular complexity index is 658. The minimum Gasteiger partial charge on any atom is -0.321 e. The number of aromatic nitrogens is 2. The summed E-state index contributed by atoms with van der Waals surface area (Å²) in [5.41, 5.74) is 0.288. The van der Waals surface area contributed by atoms with Gasteiger partial charge in [0.25, 0.3) is 0 Å². The molecule has 0 fully saturated rings. The first-order valence-corrected chi connectivity index (χ1v) is 5.61. The highest BCUT2D eigenvalue weighted by Gasteiger charge is 2.32. The third-order valence-corrected chi connectivity index (χ3v) is 3.27. The average Bonchev–Trinajstić information content (AvgIpc) is 2.63. The van der Waals surface area contributed by atoms with E-state index in [2.05, 4.69) is 9.98 Å². The van der Waals surface area contributed by atoms with E-state index in [-0.39, 0.29) is 5.02 Å². The molecule has 0 saturated carbocycles. The number of rotatable bonds is 0. The summed E-state index contributed by atoms with van der Waals surface area (Å²) in [7, 11) is 0. The fraction of sp³-hybridized carbons (Fsp3) is 0.273. The minimum absolute atomic E-state index is 0.270. The van der Waals surface area contributed by atoms with E-state index in [1.54, 1.807) is 10.8 Å². The third kappa shape index (κ3) is 1.59. The smallest absolute Gasteiger partial charge is 0.321 e. The first-order chi connectivity index (χ1) is 8.48. The summed E-state index contributed by atoms with van der Waals surface area (Å²) in [5.74, 6) is 0. The number of aliphatic imine (C=N–C) groups is 1. The molecule has 0 N–H and O–H groups in total. The maximum absolute atomic E-state index is 12.6. The lowest BCUT2D eigenvalue weighted by Gasteiger charge is -2.10. The van der Waals surface area contributed by atoms with Crippen LogP contribution in [0.15, 0.2) is 17.3 Å². The fourth-order valence-electron chi connectivity index (χ4n) is 2.02. The maximum Gasteiger partial charge on any atom is 0.417 e. The monoisotopic (exact) mass is 273 g/mol. The van der Waals surface area contributed by atoms with Crippen LogP contribution in [-0.2, 0) is 12.7 Å². The molecule has 0 saturated heterocycles. The van der Waals surface area contributed by atoms with Gasteiger partial charge in [0.05, 0.1) is 22.8 Å². The largest absolute Gasteiger partial charge is 0.417 e. The number of hydrogen-bond donors (Lipinski definition) is 0. The predicted octanol–water partition coefficient (Wildman–Crippen LogP) is 3.14. The number of pyridine rings is 1. The highest BCUT2D eigenvalue weighted by atomic mass is 35.5. The van der Waals surface area contributed by atoms with Crippen molar-refractivity contribution >= 4 is 28.8 Å². The molecule has 94 valence electrons. The van der Waals surface area contributed by atoms with Crippen LogP contribution in [0.2, 0.25) is 5.02 Å². The van der Waals surface area contributed by atoms with Gasteiger partial charge >= 0.3 is 6.18 Å². The van der Waals surface area contributed by atoms with Crippen molar-refractivity contribution in [3.05, 3.63) is 28.5 Å². The van der Waals surface area contributed by atoms with Crippen LogP contribution in [0.3, 0.4) is 0 Å². The fourth-order valence-corrected chi connectivity index (χ4v) is 2.31. The van der Waals surface area contributed by atoms with Gasteiger partial charge in [0.15, 0.2) is 0 Å². The summed E-state index contributed by atoms with van der Waals surface area (Å²) in [6.45, 7) is 1.16. The Labute approximate surface area is 105 Å². The predicted molar refractivity (Wildman–Crippen MR) is 62.2 cm³/mol. The Hall–Kier alpha value is -1.56. The first-order valence-electron chi connectivity index (χ1n) is 5.23. The molecule has 0 bridgehead atoms. The van der Waals surface area contributed by atoms with Crippen molar-refractivity contribution in [2.45, 2.75) is 12.7 Å². The summed E-state index contributed by atoms with van der Waals surface area (Å²) in [6.07, 6.45) is -2.01. The number of nitrogens with zero attached hydrogens (tertiary/aromatic N) is 3. The highest BCUT2D eigenvalue weighted by Crippen LogP contribution is 2.35. The van der Waals surface area contributed by atoms with Crippen LogP contribution in [-0.4, -0.2) is 22.3 Å². The van der Waals surface area contributed by atoms with Crippen LogP contribution >= 0.6 is 11.6 Å². The summed E-state index contributed by atoms with van der Waals surface area (Å²) in [6, 6.07) is 1.03. The Morgan fingerprint density at radius 2 is 2.11 bits per heavy atom. The van der Waals surface area contributed by atoms with Gasteiger partial charge in [-0.25, -0.2) is 4.98 Å². The van der Waals surface area contributed by atoms with Crippen molar-refractivity contribution in [3.8, 4) is 0 Å². The van der Waals surface area contributed by atoms with Gasteiger partial charge in [0.1, 0.15) is 5.65 Å². The number of fused-ring (bicyclic) bond motifs is 3. The van der Waals surface area contributed by atoms with Gasteiger partial charge in [-0.3, -0.25) is 4.99 Å². The van der Waals surface area contributed by atoms with Gasteiger partial charge in [0.2, 0.25) is 0 Å². The average molecular weight is 274 g/mol. The highest BCUT2D eigenvalue weighted by molar-refractivity contribution is 6.38. The zero-order valence-corrected chi connectivity index (χ0v) is 9.76. The maximum atomic E-state index is 12.6. The molecule has 3 nitrogen and oxygen atoms in total. The Kier molecular flexibility index (Phi) is 2.38.